The van der Waals surface area contributed by atoms with Crippen molar-refractivity contribution >= 4 is 5.91 Å². The number of nitrogens with one attached hydrogen (secondary N) is 1. The number of allylic oxidation sites excluding steroid dienone is 1. The quantitative estimate of drug-likeness (QED) is 0.791. The monoisotopic (exact) mass is 219 g/mol. The van der Waals surface area contributed by atoms with Crippen LogP contribution in [-0.2, 0) is 0 Å². The first-order valence-electron chi connectivity index (χ1n) is 5.84. The minimum Gasteiger partial charge on any atom is -0.472 e. The predicted molar refractivity (Wildman–Crippen MR) is 62.2 cm³/mol. The first-order valence-corrected chi connectivity index (χ1v) is 5.84. The Hall–Kier alpha value is -1.51. The highest BCUT2D eigenvalue weighted by molar-refractivity contribution is 5.93. The molecule has 1 aromatic heterocycles. The third kappa shape index (κ3) is 2.99. The zero-order valence-corrected chi connectivity index (χ0v) is 9.37. The van der Waals surface area contributed by atoms with E-state index >= 15 is 0 Å². The molecule has 86 valence electrons. The van der Waals surface area contributed by atoms with E-state index in [1.807, 2.05) is 0 Å². The normalized spacial score (nSPS) is 15.6. The molecule has 0 aliphatic heterocycles. The molecule has 1 amide bonds. The smallest absolute Gasteiger partial charge is 0.254 e. The van der Waals surface area contributed by atoms with E-state index in [2.05, 4.69) is 11.4 Å². The summed E-state index contributed by atoms with van der Waals surface area (Å²) in [5, 5.41) is 2.89. The van der Waals surface area contributed by atoms with Crippen LogP contribution < -0.4 is 5.32 Å². The van der Waals surface area contributed by atoms with Gasteiger partial charge < -0.3 is 9.73 Å². The van der Waals surface area contributed by atoms with Crippen LogP contribution in [0.4, 0.5) is 0 Å². The van der Waals surface area contributed by atoms with Gasteiger partial charge in [-0.3, -0.25) is 4.79 Å². The average molecular weight is 219 g/mol. The Bertz CT molecular complexity index is 365. The highest BCUT2D eigenvalue weighted by Crippen LogP contribution is 2.19. The van der Waals surface area contributed by atoms with Crippen LogP contribution in [0, 0.1) is 0 Å². The fourth-order valence-electron chi connectivity index (χ4n) is 1.96. The van der Waals surface area contributed by atoms with E-state index in [-0.39, 0.29) is 5.91 Å². The van der Waals surface area contributed by atoms with Crippen LogP contribution in [-0.4, -0.2) is 12.5 Å². The van der Waals surface area contributed by atoms with E-state index < -0.39 is 0 Å². The summed E-state index contributed by atoms with van der Waals surface area (Å²) >= 11 is 0. The maximum atomic E-state index is 11.6. The number of hydrogen-bond acceptors (Lipinski definition) is 2. The van der Waals surface area contributed by atoms with Gasteiger partial charge in [-0.25, -0.2) is 0 Å². The van der Waals surface area contributed by atoms with Crippen LogP contribution in [0.2, 0.25) is 0 Å². The van der Waals surface area contributed by atoms with Crippen molar-refractivity contribution in [2.75, 3.05) is 6.54 Å². The second kappa shape index (κ2) is 5.54. The van der Waals surface area contributed by atoms with Crippen molar-refractivity contribution in [2.24, 2.45) is 0 Å². The molecule has 1 aliphatic rings. The molecule has 0 saturated carbocycles. The first kappa shape index (κ1) is 11.0. The summed E-state index contributed by atoms with van der Waals surface area (Å²) in [4.78, 5) is 11.6. The molecular weight excluding hydrogens is 202 g/mol. The Kier molecular flexibility index (Phi) is 3.81. The van der Waals surface area contributed by atoms with Crippen molar-refractivity contribution < 1.29 is 9.21 Å². The van der Waals surface area contributed by atoms with Crippen molar-refractivity contribution in [1.82, 2.24) is 5.32 Å². The van der Waals surface area contributed by atoms with Crippen molar-refractivity contribution in [3.05, 3.63) is 35.8 Å². The molecule has 3 nitrogen and oxygen atoms in total. The van der Waals surface area contributed by atoms with Crippen LogP contribution in [0.25, 0.3) is 0 Å². The van der Waals surface area contributed by atoms with Gasteiger partial charge in [0, 0.05) is 6.54 Å². The van der Waals surface area contributed by atoms with E-state index in [9.17, 15) is 4.79 Å². The molecule has 0 spiro atoms. The molecule has 0 aromatic carbocycles. The Morgan fingerprint density at radius 1 is 1.44 bits per heavy atom. The molecule has 0 atom stereocenters. The van der Waals surface area contributed by atoms with E-state index in [4.69, 9.17) is 4.42 Å². The van der Waals surface area contributed by atoms with Crippen molar-refractivity contribution in [3.63, 3.8) is 0 Å². The second-order valence-corrected chi connectivity index (χ2v) is 4.13. The van der Waals surface area contributed by atoms with Gasteiger partial charge in [0.2, 0.25) is 0 Å². The molecular formula is C13H17NO2. The van der Waals surface area contributed by atoms with Gasteiger partial charge in [-0.2, -0.15) is 0 Å². The van der Waals surface area contributed by atoms with Gasteiger partial charge in [0.1, 0.15) is 6.26 Å². The molecule has 3 heteroatoms. The molecule has 1 aromatic rings. The lowest BCUT2D eigenvalue weighted by molar-refractivity contribution is 0.0953. The van der Waals surface area contributed by atoms with Crippen molar-refractivity contribution in [2.45, 2.75) is 32.1 Å². The SMILES string of the molecule is O=C(NCCC1=CCCCC1)c1ccoc1. The molecule has 0 bridgehead atoms. The minimum atomic E-state index is -0.0508. The van der Waals surface area contributed by atoms with Crippen LogP contribution in [0.15, 0.2) is 34.7 Å². The first-order chi connectivity index (χ1) is 7.86. The molecule has 2 rings (SSSR count). The van der Waals surface area contributed by atoms with Gasteiger partial charge in [-0.1, -0.05) is 11.6 Å². The van der Waals surface area contributed by atoms with Crippen molar-refractivity contribution in [3.8, 4) is 0 Å². The second-order valence-electron chi connectivity index (χ2n) is 4.13. The van der Waals surface area contributed by atoms with Gasteiger partial charge in [0.25, 0.3) is 5.91 Å². The summed E-state index contributed by atoms with van der Waals surface area (Å²) in [5.41, 5.74) is 2.08. The highest BCUT2D eigenvalue weighted by Gasteiger charge is 2.07. The largest absolute Gasteiger partial charge is 0.472 e. The number of hydrogen-bond donors (Lipinski definition) is 1. The predicted octanol–water partition coefficient (Wildman–Crippen LogP) is 2.90. The molecule has 0 saturated heterocycles. The van der Waals surface area contributed by atoms with E-state index in [1.165, 1.54) is 43.8 Å². The van der Waals surface area contributed by atoms with Gasteiger partial charge in [0.05, 0.1) is 11.8 Å². The molecule has 0 radical (unpaired) electrons. The van der Waals surface area contributed by atoms with Crippen LogP contribution >= 0.6 is 0 Å². The molecule has 0 fully saturated rings. The fraction of sp³-hybridized carbons (Fsp3) is 0.462. The Balaban J connectivity index is 1.72. The lowest BCUT2D eigenvalue weighted by Crippen LogP contribution is -2.24. The average Bonchev–Trinajstić information content (AvgIpc) is 2.84. The maximum absolute atomic E-state index is 11.6. The third-order valence-electron chi connectivity index (χ3n) is 2.90. The third-order valence-corrected chi connectivity index (χ3v) is 2.90. The molecule has 1 aliphatic carbocycles. The van der Waals surface area contributed by atoms with Gasteiger partial charge in [-0.05, 0) is 38.2 Å². The number of furan rings is 1. The summed E-state index contributed by atoms with van der Waals surface area (Å²) in [6.45, 7) is 0.718. The zero-order chi connectivity index (χ0) is 11.2. The van der Waals surface area contributed by atoms with E-state index in [0.717, 1.165) is 13.0 Å². The number of carbonyl (C=O) groups excluding carboxylic acids is 1. The Morgan fingerprint density at radius 3 is 3.06 bits per heavy atom. The Labute approximate surface area is 95.5 Å². The lowest BCUT2D eigenvalue weighted by Gasteiger charge is -2.12. The van der Waals surface area contributed by atoms with Gasteiger partial charge in [0.15, 0.2) is 0 Å². The topological polar surface area (TPSA) is 42.2 Å². The molecule has 16 heavy (non-hydrogen) atoms. The van der Waals surface area contributed by atoms with Gasteiger partial charge in [-0.15, -0.1) is 0 Å². The fourth-order valence-corrected chi connectivity index (χ4v) is 1.96. The lowest BCUT2D eigenvalue weighted by atomic mass is 9.97. The summed E-state index contributed by atoms with van der Waals surface area (Å²) in [7, 11) is 0. The standard InChI is InChI=1S/C13H17NO2/c15-13(12-7-9-16-10-12)14-8-6-11-4-2-1-3-5-11/h4,7,9-10H,1-3,5-6,8H2,(H,14,15). The number of carbonyl (C=O) groups is 1. The van der Waals surface area contributed by atoms with E-state index in [1.54, 1.807) is 6.07 Å². The maximum Gasteiger partial charge on any atom is 0.254 e. The zero-order valence-electron chi connectivity index (χ0n) is 9.37. The number of amides is 1. The highest BCUT2D eigenvalue weighted by atomic mass is 16.3. The summed E-state index contributed by atoms with van der Waals surface area (Å²) in [5.74, 6) is -0.0508. The molecule has 0 unspecified atom stereocenters. The Morgan fingerprint density at radius 2 is 2.38 bits per heavy atom. The molecule has 1 heterocycles. The van der Waals surface area contributed by atoms with Crippen LogP contribution in [0.3, 0.4) is 0 Å². The van der Waals surface area contributed by atoms with Gasteiger partial charge >= 0.3 is 0 Å². The van der Waals surface area contributed by atoms with Crippen LogP contribution in [0.5, 0.6) is 0 Å². The summed E-state index contributed by atoms with van der Waals surface area (Å²) in [6.07, 6.45) is 11.3. The van der Waals surface area contributed by atoms with E-state index in [0.29, 0.717) is 5.56 Å². The minimum absolute atomic E-state index is 0.0508. The van der Waals surface area contributed by atoms with Crippen molar-refractivity contribution in [1.29, 1.82) is 0 Å². The summed E-state index contributed by atoms with van der Waals surface area (Å²) in [6, 6.07) is 1.68. The number of rotatable bonds is 4. The summed E-state index contributed by atoms with van der Waals surface area (Å²) < 4.78 is 4.86. The molecule has 1 N–H and O–H groups in total. The van der Waals surface area contributed by atoms with Crippen LogP contribution in [0.1, 0.15) is 42.5 Å².